The van der Waals surface area contributed by atoms with Crippen LogP contribution in [0, 0.1) is 0 Å². The first-order valence-corrected chi connectivity index (χ1v) is 4.19. The quantitative estimate of drug-likeness (QED) is 0.391. The average Bonchev–Trinajstić information content (AvgIpc) is 1.81. The summed E-state index contributed by atoms with van der Waals surface area (Å²) in [5, 5.41) is 1.37. The zero-order valence-corrected chi connectivity index (χ0v) is 8.26. The van der Waals surface area contributed by atoms with Crippen molar-refractivity contribution in [2.45, 2.75) is 4.57 Å². The lowest BCUT2D eigenvalue weighted by Gasteiger charge is -2.31. The van der Waals surface area contributed by atoms with E-state index in [-0.39, 0.29) is 0 Å². The first kappa shape index (κ1) is 8.26. The molecule has 0 bridgehead atoms. The summed E-state index contributed by atoms with van der Waals surface area (Å²) < 4.78 is 0.153. The minimum Gasteiger partial charge on any atom is -0.295 e. The van der Waals surface area contributed by atoms with Gasteiger partial charge in [-0.2, -0.15) is 0 Å². The van der Waals surface area contributed by atoms with Crippen LogP contribution in [0.3, 0.4) is 0 Å². The van der Waals surface area contributed by atoms with Gasteiger partial charge in [0.1, 0.15) is 0 Å². The molecular formula is C5H7Br2N3. The molecule has 1 aliphatic heterocycles. The van der Waals surface area contributed by atoms with Crippen LogP contribution < -0.4 is 11.6 Å². The molecule has 1 heterocycles. The molecule has 3 nitrogen and oxygen atoms in total. The topological polar surface area (TPSA) is 55.3 Å². The zero-order chi connectivity index (χ0) is 7.78. The molecular weight excluding hydrogens is 262 g/mol. The van der Waals surface area contributed by atoms with Crippen LogP contribution in [0.1, 0.15) is 0 Å². The van der Waals surface area contributed by atoms with E-state index in [1.807, 2.05) is 6.08 Å². The highest BCUT2D eigenvalue weighted by molar-refractivity contribution is 9.12. The first-order chi connectivity index (χ1) is 4.52. The van der Waals surface area contributed by atoms with Crippen LogP contribution in [0.25, 0.3) is 0 Å². The van der Waals surface area contributed by atoms with Crippen molar-refractivity contribution in [2.24, 2.45) is 11.6 Å². The van der Waals surface area contributed by atoms with E-state index in [2.05, 4.69) is 31.9 Å². The number of nitrogens with two attached hydrogens (primary N) is 2. The summed E-state index contributed by atoms with van der Waals surface area (Å²) in [7, 11) is 0. The molecule has 0 aromatic heterocycles. The van der Waals surface area contributed by atoms with Crippen molar-refractivity contribution in [1.29, 1.82) is 0 Å². The van der Waals surface area contributed by atoms with Gasteiger partial charge in [0.05, 0.1) is 0 Å². The van der Waals surface area contributed by atoms with Crippen molar-refractivity contribution < 1.29 is 0 Å². The molecule has 4 N–H and O–H groups in total. The second-order valence-corrected chi connectivity index (χ2v) is 4.17. The molecule has 0 spiro atoms. The maximum atomic E-state index is 5.65. The molecule has 0 aromatic rings. The number of rotatable bonds is 0. The van der Waals surface area contributed by atoms with E-state index in [4.69, 9.17) is 11.6 Å². The van der Waals surface area contributed by atoms with Gasteiger partial charge in [-0.1, -0.05) is 0 Å². The van der Waals surface area contributed by atoms with Crippen LogP contribution in [0.2, 0.25) is 0 Å². The van der Waals surface area contributed by atoms with Crippen molar-refractivity contribution in [2.75, 3.05) is 0 Å². The van der Waals surface area contributed by atoms with Gasteiger partial charge in [-0.3, -0.25) is 10.7 Å². The molecule has 10 heavy (non-hydrogen) atoms. The Morgan fingerprint density at radius 3 is 2.60 bits per heavy atom. The molecule has 0 aromatic carbocycles. The molecule has 0 radical (unpaired) electrons. The Morgan fingerprint density at radius 1 is 1.60 bits per heavy atom. The van der Waals surface area contributed by atoms with Crippen molar-refractivity contribution in [3.63, 3.8) is 0 Å². The predicted octanol–water partition coefficient (Wildman–Crippen LogP) is 0.976. The highest BCUT2D eigenvalue weighted by Gasteiger charge is 2.24. The maximum absolute atomic E-state index is 5.65. The van der Waals surface area contributed by atoms with E-state index in [9.17, 15) is 0 Å². The van der Waals surface area contributed by atoms with E-state index in [1.165, 1.54) is 5.01 Å². The molecule has 0 saturated carbocycles. The molecule has 1 atom stereocenters. The summed E-state index contributed by atoms with van der Waals surface area (Å²) >= 11 is 6.47. The minimum atomic E-state index is -0.746. The largest absolute Gasteiger partial charge is 0.295 e. The van der Waals surface area contributed by atoms with Gasteiger partial charge >= 0.3 is 0 Å². The van der Waals surface area contributed by atoms with Crippen molar-refractivity contribution >= 4 is 31.9 Å². The van der Waals surface area contributed by atoms with Gasteiger partial charge in [0.2, 0.25) is 0 Å². The minimum absolute atomic E-state index is 0.746. The molecule has 1 rings (SSSR count). The van der Waals surface area contributed by atoms with Gasteiger partial charge in [-0.05, 0) is 44.0 Å². The van der Waals surface area contributed by atoms with Crippen LogP contribution in [0.5, 0.6) is 0 Å². The fourth-order valence-corrected chi connectivity index (χ4v) is 1.14. The third kappa shape index (κ3) is 1.60. The number of halogens is 2. The normalized spacial score (nSPS) is 32.4. The number of hydrogen-bond donors (Lipinski definition) is 2. The van der Waals surface area contributed by atoms with Gasteiger partial charge in [-0.15, -0.1) is 0 Å². The average molecular weight is 269 g/mol. The molecule has 0 saturated heterocycles. The summed E-state index contributed by atoms with van der Waals surface area (Å²) in [6.45, 7) is 0. The van der Waals surface area contributed by atoms with E-state index in [0.29, 0.717) is 0 Å². The van der Waals surface area contributed by atoms with Crippen LogP contribution >= 0.6 is 31.9 Å². The Morgan fingerprint density at radius 2 is 2.20 bits per heavy atom. The molecule has 56 valence electrons. The highest BCUT2D eigenvalue weighted by Crippen LogP contribution is 2.23. The number of allylic oxidation sites excluding steroid dienone is 2. The highest BCUT2D eigenvalue weighted by atomic mass is 79.9. The smallest absolute Gasteiger partial charge is 0.178 e. The number of nitrogens with zero attached hydrogens (tertiary/aromatic N) is 1. The summed E-state index contributed by atoms with van der Waals surface area (Å²) in [5.41, 5.74) is 5.65. The van der Waals surface area contributed by atoms with Gasteiger partial charge in [0.25, 0.3) is 0 Å². The van der Waals surface area contributed by atoms with Crippen molar-refractivity contribution in [3.05, 3.63) is 22.8 Å². The summed E-state index contributed by atoms with van der Waals surface area (Å²) in [5.74, 6) is 5.51. The van der Waals surface area contributed by atoms with Crippen LogP contribution in [0.15, 0.2) is 22.8 Å². The van der Waals surface area contributed by atoms with Crippen molar-refractivity contribution in [1.82, 2.24) is 5.01 Å². The van der Waals surface area contributed by atoms with Gasteiger partial charge in [0.15, 0.2) is 4.57 Å². The van der Waals surface area contributed by atoms with E-state index >= 15 is 0 Å². The van der Waals surface area contributed by atoms with Gasteiger partial charge in [-0.25, -0.2) is 5.84 Å². The monoisotopic (exact) mass is 267 g/mol. The summed E-state index contributed by atoms with van der Waals surface area (Å²) in [6.07, 6.45) is 5.27. The molecule has 0 fully saturated rings. The molecule has 0 aliphatic carbocycles. The van der Waals surface area contributed by atoms with Gasteiger partial charge in [0, 0.05) is 10.7 Å². The molecule has 1 unspecified atom stereocenters. The molecule has 5 heteroatoms. The van der Waals surface area contributed by atoms with Crippen LogP contribution in [-0.2, 0) is 0 Å². The molecule has 0 amide bonds. The predicted molar refractivity (Wildman–Crippen MR) is 48.0 cm³/mol. The fourth-order valence-electron chi connectivity index (χ4n) is 0.557. The maximum Gasteiger partial charge on any atom is 0.178 e. The number of alkyl halides is 1. The SMILES string of the molecule is NN1C=C(Br)C=CC1(N)Br. The third-order valence-corrected chi connectivity index (χ3v) is 2.28. The molecule has 1 aliphatic rings. The lowest BCUT2D eigenvalue weighted by atomic mass is 10.3. The van der Waals surface area contributed by atoms with Crippen molar-refractivity contribution in [3.8, 4) is 0 Å². The second kappa shape index (κ2) is 2.65. The van der Waals surface area contributed by atoms with Crippen LogP contribution in [0.4, 0.5) is 0 Å². The number of hydrogen-bond acceptors (Lipinski definition) is 3. The van der Waals surface area contributed by atoms with E-state index < -0.39 is 4.57 Å². The Labute approximate surface area is 76.0 Å². The summed E-state index contributed by atoms with van der Waals surface area (Å²) in [6, 6.07) is 0. The lowest BCUT2D eigenvalue weighted by molar-refractivity contribution is 0.308. The Kier molecular flexibility index (Phi) is 2.19. The third-order valence-electron chi connectivity index (χ3n) is 1.13. The number of hydrazine groups is 1. The lowest BCUT2D eigenvalue weighted by Crippen LogP contribution is -2.51. The Balaban J connectivity index is 2.84. The second-order valence-electron chi connectivity index (χ2n) is 1.98. The summed E-state index contributed by atoms with van der Waals surface area (Å²) in [4.78, 5) is 0. The Hall–Kier alpha value is 0.160. The van der Waals surface area contributed by atoms with E-state index in [1.54, 1.807) is 12.3 Å². The zero-order valence-electron chi connectivity index (χ0n) is 5.09. The fraction of sp³-hybridized carbons (Fsp3) is 0.200. The van der Waals surface area contributed by atoms with E-state index in [0.717, 1.165) is 4.48 Å². The Bertz CT molecular complexity index is 197. The first-order valence-electron chi connectivity index (χ1n) is 2.61. The van der Waals surface area contributed by atoms with Gasteiger partial charge < -0.3 is 0 Å². The van der Waals surface area contributed by atoms with Crippen LogP contribution in [-0.4, -0.2) is 9.58 Å². The standard InChI is InChI=1S/C5H7Br2N3/c6-4-1-2-5(7,8)10(9)3-4/h1-3H,8-9H2.